The van der Waals surface area contributed by atoms with E-state index in [1.807, 2.05) is 0 Å². The Bertz CT molecular complexity index is 890. The van der Waals surface area contributed by atoms with Gasteiger partial charge in [0.1, 0.15) is 16.8 Å². The third-order valence-electron chi connectivity index (χ3n) is 5.39. The second-order valence-electron chi connectivity index (χ2n) is 13.2. The number of ether oxygens (including phenoxy) is 4. The topological polar surface area (TPSA) is 153 Å². The van der Waals surface area contributed by atoms with Crippen molar-refractivity contribution >= 4 is 30.2 Å². The number of alkyl carbamates (subject to hydrolysis) is 1. The molecule has 0 aromatic rings. The van der Waals surface area contributed by atoms with Crippen LogP contribution in [-0.4, -0.2) is 103 Å². The van der Waals surface area contributed by atoms with E-state index in [0.717, 1.165) is 0 Å². The number of carbonyl (C=O) groups excluding carboxylic acids is 5. The molecule has 0 radical (unpaired) electrons. The zero-order valence-electron chi connectivity index (χ0n) is 28.1. The minimum Gasteiger partial charge on any atom is -0.469 e. The van der Waals surface area contributed by atoms with Crippen LogP contribution in [0, 0.1) is 0 Å². The average molecular weight is 617 g/mol. The molecule has 0 bridgehead atoms. The maximum absolute atomic E-state index is 12.8. The van der Waals surface area contributed by atoms with Crippen molar-refractivity contribution in [2.45, 2.75) is 118 Å². The highest BCUT2D eigenvalue weighted by atomic mass is 16.6. The Balaban J connectivity index is 4.98. The van der Waals surface area contributed by atoms with Crippen molar-refractivity contribution in [3.05, 3.63) is 0 Å². The van der Waals surface area contributed by atoms with E-state index in [-0.39, 0.29) is 18.7 Å². The molecule has 0 spiro atoms. The predicted molar refractivity (Wildman–Crippen MR) is 163 cm³/mol. The number of nitrogens with zero attached hydrogens (tertiary/aromatic N) is 2. The number of esters is 1. The number of unbranched alkanes of at least 4 members (excludes halogenated alkanes) is 1. The van der Waals surface area contributed by atoms with Gasteiger partial charge in [-0.15, -0.1) is 0 Å². The minimum absolute atomic E-state index is 0.00688. The SMILES string of the molecule is COC(=O)CCC(=O)NCCCN(CCCCN(CCCNC(=O)OC(C)(C)C)C(=O)OC(C)(C)C)C(=O)OC(C)(C)C. The molecule has 250 valence electrons. The number of carbonyl (C=O) groups is 5. The summed E-state index contributed by atoms with van der Waals surface area (Å²) in [7, 11) is 1.27. The fourth-order valence-electron chi connectivity index (χ4n) is 3.53. The quantitative estimate of drug-likeness (QED) is 0.144. The third-order valence-corrected chi connectivity index (χ3v) is 5.39. The van der Waals surface area contributed by atoms with Crippen molar-refractivity contribution < 1.29 is 42.9 Å². The summed E-state index contributed by atoms with van der Waals surface area (Å²) in [5, 5.41) is 5.44. The van der Waals surface area contributed by atoms with Crippen LogP contribution in [0.4, 0.5) is 14.4 Å². The Hall–Kier alpha value is -3.25. The Kier molecular flexibility index (Phi) is 17.7. The molecule has 0 aliphatic heterocycles. The minimum atomic E-state index is -0.668. The molecule has 2 N–H and O–H groups in total. The Morgan fingerprint density at radius 1 is 0.558 bits per heavy atom. The molecule has 0 heterocycles. The molecule has 0 saturated heterocycles. The monoisotopic (exact) mass is 616 g/mol. The fourth-order valence-corrected chi connectivity index (χ4v) is 3.53. The first kappa shape index (κ1) is 39.8. The average Bonchev–Trinajstić information content (AvgIpc) is 2.83. The third kappa shape index (κ3) is 23.0. The molecule has 0 saturated carbocycles. The summed E-state index contributed by atoms with van der Waals surface area (Å²) in [5.74, 6) is -0.716. The van der Waals surface area contributed by atoms with E-state index >= 15 is 0 Å². The largest absolute Gasteiger partial charge is 0.469 e. The van der Waals surface area contributed by atoms with Gasteiger partial charge in [0, 0.05) is 45.7 Å². The Morgan fingerprint density at radius 2 is 0.953 bits per heavy atom. The maximum atomic E-state index is 12.8. The first-order valence-electron chi connectivity index (χ1n) is 15.0. The summed E-state index contributed by atoms with van der Waals surface area (Å²) in [4.78, 5) is 63.9. The highest BCUT2D eigenvalue weighted by molar-refractivity contribution is 5.81. The van der Waals surface area contributed by atoms with E-state index in [1.54, 1.807) is 72.1 Å². The van der Waals surface area contributed by atoms with Gasteiger partial charge in [-0.25, -0.2) is 14.4 Å². The summed E-state index contributed by atoms with van der Waals surface area (Å²) in [5.41, 5.74) is -1.93. The second kappa shape index (κ2) is 19.1. The van der Waals surface area contributed by atoms with Crippen molar-refractivity contribution in [3.63, 3.8) is 0 Å². The van der Waals surface area contributed by atoms with Crippen molar-refractivity contribution in [1.82, 2.24) is 20.4 Å². The van der Waals surface area contributed by atoms with Gasteiger partial charge in [-0.2, -0.15) is 0 Å². The molecule has 0 aliphatic rings. The Morgan fingerprint density at radius 3 is 1.35 bits per heavy atom. The smallest absolute Gasteiger partial charge is 0.410 e. The molecule has 0 atom stereocenters. The van der Waals surface area contributed by atoms with Crippen LogP contribution >= 0.6 is 0 Å². The van der Waals surface area contributed by atoms with Crippen LogP contribution in [0.5, 0.6) is 0 Å². The summed E-state index contributed by atoms with van der Waals surface area (Å²) in [6, 6.07) is 0. The van der Waals surface area contributed by atoms with Gasteiger partial charge in [0.25, 0.3) is 0 Å². The molecule has 0 aromatic carbocycles. The lowest BCUT2D eigenvalue weighted by Crippen LogP contribution is -2.40. The Labute approximate surface area is 257 Å². The van der Waals surface area contributed by atoms with Gasteiger partial charge < -0.3 is 39.4 Å². The van der Waals surface area contributed by atoms with Gasteiger partial charge in [-0.3, -0.25) is 9.59 Å². The number of rotatable bonds is 16. The number of nitrogens with one attached hydrogen (secondary N) is 2. The first-order valence-corrected chi connectivity index (χ1v) is 15.0. The summed E-state index contributed by atoms with van der Waals surface area (Å²) >= 11 is 0. The van der Waals surface area contributed by atoms with Gasteiger partial charge in [0.2, 0.25) is 5.91 Å². The zero-order chi connectivity index (χ0) is 33.3. The molecule has 43 heavy (non-hydrogen) atoms. The van der Waals surface area contributed by atoms with Gasteiger partial charge >= 0.3 is 24.2 Å². The molecule has 0 fully saturated rings. The summed E-state index contributed by atoms with van der Waals surface area (Å²) < 4.78 is 20.9. The number of hydrogen-bond donors (Lipinski definition) is 2. The van der Waals surface area contributed by atoms with Crippen LogP contribution in [0.2, 0.25) is 0 Å². The van der Waals surface area contributed by atoms with E-state index < -0.39 is 41.1 Å². The molecule has 4 amide bonds. The van der Waals surface area contributed by atoms with E-state index in [2.05, 4.69) is 15.4 Å². The maximum Gasteiger partial charge on any atom is 0.410 e. The summed E-state index contributed by atoms with van der Waals surface area (Å²) in [6.45, 7) is 18.3. The van der Waals surface area contributed by atoms with E-state index in [9.17, 15) is 24.0 Å². The zero-order valence-corrected chi connectivity index (χ0v) is 28.1. The van der Waals surface area contributed by atoms with Crippen LogP contribution in [0.15, 0.2) is 0 Å². The van der Waals surface area contributed by atoms with Crippen molar-refractivity contribution in [2.75, 3.05) is 46.4 Å². The van der Waals surface area contributed by atoms with Crippen LogP contribution in [0.3, 0.4) is 0 Å². The van der Waals surface area contributed by atoms with Crippen LogP contribution in [0.1, 0.15) is 101 Å². The second-order valence-corrected chi connectivity index (χ2v) is 13.2. The van der Waals surface area contributed by atoms with Crippen molar-refractivity contribution in [1.29, 1.82) is 0 Å². The van der Waals surface area contributed by atoms with Gasteiger partial charge in [-0.1, -0.05) is 0 Å². The number of hydrogen-bond acceptors (Lipinski definition) is 9. The first-order chi connectivity index (χ1) is 19.7. The summed E-state index contributed by atoms with van der Waals surface area (Å²) in [6.07, 6.45) is 0.826. The van der Waals surface area contributed by atoms with Crippen LogP contribution in [0.25, 0.3) is 0 Å². The van der Waals surface area contributed by atoms with Gasteiger partial charge in [0.15, 0.2) is 0 Å². The predicted octanol–water partition coefficient (Wildman–Crippen LogP) is 4.62. The molecular weight excluding hydrogens is 560 g/mol. The van der Waals surface area contributed by atoms with Gasteiger partial charge in [0.05, 0.1) is 13.5 Å². The fraction of sp³-hybridized carbons (Fsp3) is 0.833. The van der Waals surface area contributed by atoms with Gasteiger partial charge in [-0.05, 0) is 88.0 Å². The molecular formula is C30H56N4O9. The van der Waals surface area contributed by atoms with Crippen molar-refractivity contribution in [3.8, 4) is 0 Å². The van der Waals surface area contributed by atoms with E-state index in [4.69, 9.17) is 14.2 Å². The van der Waals surface area contributed by atoms with Crippen LogP contribution in [-0.2, 0) is 28.5 Å². The lowest BCUT2D eigenvalue weighted by Gasteiger charge is -2.29. The molecule has 13 heteroatoms. The highest BCUT2D eigenvalue weighted by Crippen LogP contribution is 2.13. The highest BCUT2D eigenvalue weighted by Gasteiger charge is 2.24. The normalized spacial score (nSPS) is 11.7. The van der Waals surface area contributed by atoms with Crippen LogP contribution < -0.4 is 10.6 Å². The lowest BCUT2D eigenvalue weighted by molar-refractivity contribution is -0.142. The molecule has 0 unspecified atom stereocenters. The standard InChI is InChI=1S/C30H56N4O9/c1-28(2,3)41-25(37)32-18-14-22-34(27(39)43-30(7,8)9)20-12-11-19-33(26(38)42-29(4,5)6)21-13-17-31-23(35)15-16-24(36)40-10/h11-22H2,1-10H3,(H,31,35)(H,32,37). The number of methoxy groups -OCH3 is 1. The van der Waals surface area contributed by atoms with E-state index in [0.29, 0.717) is 65.0 Å². The lowest BCUT2D eigenvalue weighted by atomic mass is 10.2. The molecule has 0 rings (SSSR count). The van der Waals surface area contributed by atoms with E-state index in [1.165, 1.54) is 7.11 Å². The molecule has 0 aliphatic carbocycles. The van der Waals surface area contributed by atoms with Crippen molar-refractivity contribution in [2.24, 2.45) is 0 Å². The molecule has 13 nitrogen and oxygen atoms in total. The number of amides is 4. The molecule has 0 aromatic heterocycles.